The van der Waals surface area contributed by atoms with E-state index in [4.69, 9.17) is 11.6 Å². The highest BCUT2D eigenvalue weighted by atomic mass is 35.5. The third-order valence-electron chi connectivity index (χ3n) is 4.72. The highest BCUT2D eigenvalue weighted by Gasteiger charge is 2.39. The molecule has 0 amide bonds. The Hall–Kier alpha value is -0.660. The molecule has 1 unspecified atom stereocenters. The van der Waals surface area contributed by atoms with Crippen LogP contribution in [0.2, 0.25) is 0 Å². The zero-order chi connectivity index (χ0) is 19.1. The predicted molar refractivity (Wildman–Crippen MR) is 107 cm³/mol. The number of allylic oxidation sites excluding steroid dienone is 2. The average molecular weight is 406 g/mol. The van der Waals surface area contributed by atoms with Crippen LogP contribution < -0.4 is 4.72 Å². The van der Waals surface area contributed by atoms with Gasteiger partial charge in [-0.05, 0) is 43.7 Å². The Balaban J connectivity index is 3.17. The second kappa shape index (κ2) is 9.88. The normalized spacial score (nSPS) is 18.2. The molecular weight excluding hydrogens is 378 g/mol. The maximum Gasteiger partial charge on any atom is 0.250 e. The van der Waals surface area contributed by atoms with Crippen molar-refractivity contribution in [3.8, 4) is 0 Å². The SMILES string of the molecule is C/C=C(\C)[C@](O)(CC)[C@@H](C)C(C/C=C/CCl)NS(=O)(=O)c1cccs1. The molecule has 0 aromatic carbocycles. The van der Waals surface area contributed by atoms with Crippen molar-refractivity contribution in [3.05, 3.63) is 41.3 Å². The number of halogens is 1. The molecule has 0 spiro atoms. The number of aliphatic hydroxyl groups is 1. The van der Waals surface area contributed by atoms with E-state index in [2.05, 4.69) is 4.72 Å². The summed E-state index contributed by atoms with van der Waals surface area (Å²) < 4.78 is 28.3. The van der Waals surface area contributed by atoms with Crippen molar-refractivity contribution in [3.63, 3.8) is 0 Å². The second-order valence-electron chi connectivity index (χ2n) is 6.06. The van der Waals surface area contributed by atoms with Gasteiger partial charge in [0.25, 0.3) is 0 Å². The summed E-state index contributed by atoms with van der Waals surface area (Å²) in [6.45, 7) is 7.54. The van der Waals surface area contributed by atoms with E-state index in [0.29, 0.717) is 18.7 Å². The molecule has 1 heterocycles. The van der Waals surface area contributed by atoms with Gasteiger partial charge in [-0.1, -0.05) is 38.1 Å². The van der Waals surface area contributed by atoms with Gasteiger partial charge in [0.05, 0.1) is 5.60 Å². The third-order valence-corrected chi connectivity index (χ3v) is 7.79. The highest BCUT2D eigenvalue weighted by molar-refractivity contribution is 7.91. The molecule has 0 fully saturated rings. The van der Waals surface area contributed by atoms with E-state index in [-0.39, 0.29) is 10.1 Å². The van der Waals surface area contributed by atoms with Crippen LogP contribution in [0.3, 0.4) is 0 Å². The monoisotopic (exact) mass is 405 g/mol. The van der Waals surface area contributed by atoms with Crippen LogP contribution in [0.25, 0.3) is 0 Å². The number of rotatable bonds is 10. The largest absolute Gasteiger partial charge is 0.385 e. The molecule has 2 N–H and O–H groups in total. The molecule has 0 aliphatic rings. The molecule has 0 bridgehead atoms. The van der Waals surface area contributed by atoms with E-state index in [1.165, 1.54) is 11.3 Å². The van der Waals surface area contributed by atoms with Gasteiger partial charge in [0.2, 0.25) is 10.0 Å². The van der Waals surface area contributed by atoms with Crippen molar-refractivity contribution in [1.29, 1.82) is 0 Å². The molecule has 7 heteroatoms. The fraction of sp³-hybridized carbons (Fsp3) is 0.556. The molecule has 0 saturated carbocycles. The Kier molecular flexibility index (Phi) is 8.84. The van der Waals surface area contributed by atoms with Gasteiger partial charge in [0, 0.05) is 17.8 Å². The summed E-state index contributed by atoms with van der Waals surface area (Å²) in [7, 11) is -3.63. The fourth-order valence-electron chi connectivity index (χ4n) is 2.88. The van der Waals surface area contributed by atoms with Gasteiger partial charge in [-0.2, -0.15) is 0 Å². The van der Waals surface area contributed by atoms with Crippen LogP contribution >= 0.6 is 22.9 Å². The first-order valence-electron chi connectivity index (χ1n) is 8.35. The maximum atomic E-state index is 12.6. The standard InChI is InChI=1S/C18H28ClNO3S2/c1-5-14(3)18(21,6-2)15(4)16(10-7-8-12-19)20-25(22,23)17-11-9-13-24-17/h5,7-9,11,13,15-16,20-21H,6,10,12H2,1-4H3/b8-7+,14-5+/t15-,16?,18+/m0/s1. The second-order valence-corrected chi connectivity index (χ2v) is 9.26. The van der Waals surface area contributed by atoms with Crippen LogP contribution in [0.1, 0.15) is 40.5 Å². The Morgan fingerprint density at radius 2 is 2.16 bits per heavy atom. The summed E-state index contributed by atoms with van der Waals surface area (Å²) in [5, 5.41) is 12.9. The minimum Gasteiger partial charge on any atom is -0.385 e. The molecule has 1 rings (SSSR count). The lowest BCUT2D eigenvalue weighted by Crippen LogP contribution is -2.50. The molecule has 0 aliphatic carbocycles. The summed E-state index contributed by atoms with van der Waals surface area (Å²) in [6.07, 6.45) is 6.47. The summed E-state index contributed by atoms with van der Waals surface area (Å²) in [6, 6.07) is 2.83. The number of thiophene rings is 1. The van der Waals surface area contributed by atoms with Crippen molar-refractivity contribution >= 4 is 33.0 Å². The Labute approximate surface area is 160 Å². The van der Waals surface area contributed by atoms with Crippen molar-refractivity contribution < 1.29 is 13.5 Å². The average Bonchev–Trinajstić information content (AvgIpc) is 3.14. The van der Waals surface area contributed by atoms with E-state index in [9.17, 15) is 13.5 Å². The Morgan fingerprint density at radius 3 is 2.64 bits per heavy atom. The molecular formula is C18H28ClNO3S2. The van der Waals surface area contributed by atoms with Gasteiger partial charge >= 0.3 is 0 Å². The number of hydrogen-bond acceptors (Lipinski definition) is 4. The van der Waals surface area contributed by atoms with Gasteiger partial charge in [-0.15, -0.1) is 22.9 Å². The minimum atomic E-state index is -3.63. The summed E-state index contributed by atoms with van der Waals surface area (Å²) in [4.78, 5) is 0. The lowest BCUT2D eigenvalue weighted by molar-refractivity contribution is 0.00752. The smallest absolute Gasteiger partial charge is 0.250 e. The molecule has 0 aliphatic heterocycles. The molecule has 3 atom stereocenters. The van der Waals surface area contributed by atoms with E-state index in [1.54, 1.807) is 23.6 Å². The highest BCUT2D eigenvalue weighted by Crippen LogP contribution is 2.33. The molecule has 1 aromatic rings. The fourth-order valence-corrected chi connectivity index (χ4v) is 5.34. The van der Waals surface area contributed by atoms with Gasteiger partial charge in [0.15, 0.2) is 0 Å². The number of sulfonamides is 1. The molecule has 142 valence electrons. The third kappa shape index (κ3) is 5.66. The minimum absolute atomic E-state index is 0.272. The van der Waals surface area contributed by atoms with Crippen LogP contribution in [-0.4, -0.2) is 31.0 Å². The van der Waals surface area contributed by atoms with Crippen LogP contribution in [0.15, 0.2) is 45.5 Å². The molecule has 4 nitrogen and oxygen atoms in total. The zero-order valence-electron chi connectivity index (χ0n) is 15.2. The first-order valence-corrected chi connectivity index (χ1v) is 11.2. The lowest BCUT2D eigenvalue weighted by atomic mass is 9.76. The quantitative estimate of drug-likeness (QED) is 0.450. The van der Waals surface area contributed by atoms with Crippen LogP contribution in [0, 0.1) is 5.92 Å². The van der Waals surface area contributed by atoms with E-state index >= 15 is 0 Å². The van der Waals surface area contributed by atoms with E-state index in [1.807, 2.05) is 39.8 Å². The Morgan fingerprint density at radius 1 is 1.48 bits per heavy atom. The maximum absolute atomic E-state index is 12.6. The van der Waals surface area contributed by atoms with E-state index < -0.39 is 21.7 Å². The van der Waals surface area contributed by atoms with Gasteiger partial charge < -0.3 is 5.11 Å². The molecule has 0 radical (unpaired) electrons. The van der Waals surface area contributed by atoms with Crippen LogP contribution in [0.4, 0.5) is 0 Å². The number of nitrogens with one attached hydrogen (secondary N) is 1. The zero-order valence-corrected chi connectivity index (χ0v) is 17.6. The Bertz CT molecular complexity index is 683. The first kappa shape index (κ1) is 22.4. The molecule has 1 aromatic heterocycles. The van der Waals surface area contributed by atoms with Gasteiger partial charge in [0.1, 0.15) is 4.21 Å². The van der Waals surface area contributed by atoms with Crippen molar-refractivity contribution in [1.82, 2.24) is 4.72 Å². The summed E-state index contributed by atoms with van der Waals surface area (Å²) in [5.41, 5.74) is -0.240. The van der Waals surface area contributed by atoms with Crippen LogP contribution in [0.5, 0.6) is 0 Å². The first-order chi connectivity index (χ1) is 11.7. The molecule has 0 saturated heterocycles. The summed E-state index contributed by atoms with van der Waals surface area (Å²) >= 11 is 6.86. The van der Waals surface area contributed by atoms with Crippen molar-refractivity contribution in [2.45, 2.75) is 56.4 Å². The van der Waals surface area contributed by atoms with Crippen molar-refractivity contribution in [2.75, 3.05) is 5.88 Å². The lowest BCUT2D eigenvalue weighted by Gasteiger charge is -2.39. The van der Waals surface area contributed by atoms with Crippen LogP contribution in [-0.2, 0) is 10.0 Å². The van der Waals surface area contributed by atoms with Gasteiger partial charge in [-0.25, -0.2) is 13.1 Å². The summed E-state index contributed by atoms with van der Waals surface area (Å²) in [5.74, 6) is 0.0495. The van der Waals surface area contributed by atoms with E-state index in [0.717, 1.165) is 5.57 Å². The number of alkyl halides is 1. The molecule has 25 heavy (non-hydrogen) atoms. The number of hydrogen-bond donors (Lipinski definition) is 2. The topological polar surface area (TPSA) is 66.4 Å². The van der Waals surface area contributed by atoms with Gasteiger partial charge in [-0.3, -0.25) is 0 Å². The predicted octanol–water partition coefficient (Wildman–Crippen LogP) is 4.32. The van der Waals surface area contributed by atoms with Crippen molar-refractivity contribution in [2.24, 2.45) is 5.92 Å².